The fourth-order valence-electron chi connectivity index (χ4n) is 2.65. The second kappa shape index (κ2) is 8.19. The molecule has 0 amide bonds. The Hall–Kier alpha value is -3.33. The van der Waals surface area contributed by atoms with Crippen molar-refractivity contribution in [1.29, 1.82) is 0 Å². The fraction of sp³-hybridized carbons (Fsp3) is 0.143. The number of halogens is 2. The molecule has 0 fully saturated rings. The molecular formula is C21H19F2NO5S. The highest BCUT2D eigenvalue weighted by Crippen LogP contribution is 2.42. The standard InChI is InChI=1S/C21H19F2NO5S/c1-14-9-11-16(12-10-14)30(26,27)29-15(2)21(22,23)20(19-8-5-13-28-19)24-17-6-3-4-7-18(17)25/h3-13,20,24-25H,2H2,1H3/t20-/m1/s1. The van der Waals surface area contributed by atoms with Crippen molar-refractivity contribution in [2.24, 2.45) is 0 Å². The second-order valence-electron chi connectivity index (χ2n) is 6.51. The van der Waals surface area contributed by atoms with E-state index in [1.165, 1.54) is 66.9 Å². The number of rotatable bonds is 8. The minimum absolute atomic E-state index is 0.00670. The van der Waals surface area contributed by atoms with E-state index in [-0.39, 0.29) is 22.1 Å². The number of alkyl halides is 2. The second-order valence-corrected chi connectivity index (χ2v) is 8.05. The SMILES string of the molecule is C=C(OS(=O)(=O)c1ccc(C)cc1)C(F)(F)[C@H](Nc1ccccc1O)c1ccco1. The van der Waals surface area contributed by atoms with E-state index in [1.807, 2.05) is 0 Å². The number of hydrogen-bond acceptors (Lipinski definition) is 6. The lowest BCUT2D eigenvalue weighted by Crippen LogP contribution is -2.35. The average molecular weight is 435 g/mol. The van der Waals surface area contributed by atoms with Crippen LogP contribution in [-0.4, -0.2) is 19.4 Å². The number of para-hydroxylation sites is 2. The maximum absolute atomic E-state index is 15.3. The van der Waals surface area contributed by atoms with Crippen LogP contribution >= 0.6 is 0 Å². The van der Waals surface area contributed by atoms with Crippen LogP contribution in [0.5, 0.6) is 5.75 Å². The number of hydrogen-bond donors (Lipinski definition) is 2. The number of phenolic OH excluding ortho intramolecular Hbond substituents is 1. The molecule has 1 aromatic heterocycles. The zero-order valence-electron chi connectivity index (χ0n) is 15.9. The number of furan rings is 1. The van der Waals surface area contributed by atoms with Crippen molar-refractivity contribution < 1.29 is 30.9 Å². The smallest absolute Gasteiger partial charge is 0.339 e. The summed E-state index contributed by atoms with van der Waals surface area (Å²) in [5.74, 6) is -5.71. The summed E-state index contributed by atoms with van der Waals surface area (Å²) in [6.45, 7) is 4.91. The van der Waals surface area contributed by atoms with Crippen LogP contribution in [0.4, 0.5) is 14.5 Å². The Kier molecular flexibility index (Phi) is 5.84. The number of phenols is 1. The Labute approximate surface area is 172 Å². The molecule has 0 aliphatic heterocycles. The molecule has 2 aromatic carbocycles. The molecule has 0 saturated carbocycles. The van der Waals surface area contributed by atoms with Gasteiger partial charge in [0, 0.05) is 0 Å². The van der Waals surface area contributed by atoms with Gasteiger partial charge in [0.25, 0.3) is 0 Å². The predicted octanol–water partition coefficient (Wildman–Crippen LogP) is 5.00. The largest absolute Gasteiger partial charge is 0.506 e. The van der Waals surface area contributed by atoms with Crippen molar-refractivity contribution >= 4 is 15.8 Å². The summed E-state index contributed by atoms with van der Waals surface area (Å²) in [6.07, 6.45) is 1.19. The van der Waals surface area contributed by atoms with Gasteiger partial charge in [-0.05, 0) is 43.3 Å². The van der Waals surface area contributed by atoms with Gasteiger partial charge in [-0.15, -0.1) is 0 Å². The predicted molar refractivity (Wildman–Crippen MR) is 107 cm³/mol. The van der Waals surface area contributed by atoms with Gasteiger partial charge in [-0.25, -0.2) is 0 Å². The van der Waals surface area contributed by atoms with Crippen molar-refractivity contribution in [2.75, 3.05) is 5.32 Å². The van der Waals surface area contributed by atoms with Gasteiger partial charge in [0.1, 0.15) is 16.4 Å². The molecule has 158 valence electrons. The Morgan fingerprint density at radius 2 is 1.80 bits per heavy atom. The molecule has 9 heteroatoms. The van der Waals surface area contributed by atoms with Crippen molar-refractivity contribution in [3.8, 4) is 5.75 Å². The van der Waals surface area contributed by atoms with E-state index in [2.05, 4.69) is 16.1 Å². The van der Waals surface area contributed by atoms with Gasteiger partial charge in [-0.2, -0.15) is 17.2 Å². The first kappa shape index (κ1) is 21.4. The van der Waals surface area contributed by atoms with Crippen LogP contribution in [0.2, 0.25) is 0 Å². The van der Waals surface area contributed by atoms with Crippen LogP contribution in [0.25, 0.3) is 0 Å². The molecule has 0 unspecified atom stereocenters. The van der Waals surface area contributed by atoms with Crippen LogP contribution in [0.1, 0.15) is 17.4 Å². The van der Waals surface area contributed by atoms with Crippen molar-refractivity contribution in [3.63, 3.8) is 0 Å². The lowest BCUT2D eigenvalue weighted by atomic mass is 10.1. The average Bonchev–Trinajstić information content (AvgIpc) is 3.21. The lowest BCUT2D eigenvalue weighted by Gasteiger charge is -2.28. The number of benzene rings is 2. The normalized spacial score (nSPS) is 12.9. The monoisotopic (exact) mass is 435 g/mol. The first-order chi connectivity index (χ1) is 14.1. The highest BCUT2D eigenvalue weighted by atomic mass is 32.2. The Morgan fingerprint density at radius 3 is 2.40 bits per heavy atom. The summed E-state index contributed by atoms with van der Waals surface area (Å²) < 4.78 is 65.2. The van der Waals surface area contributed by atoms with Gasteiger partial charge in [-0.1, -0.05) is 36.4 Å². The van der Waals surface area contributed by atoms with E-state index in [0.29, 0.717) is 0 Å². The minimum Gasteiger partial charge on any atom is -0.506 e. The molecule has 0 aliphatic rings. The third-order valence-electron chi connectivity index (χ3n) is 4.29. The number of anilines is 1. The molecule has 0 aliphatic carbocycles. The summed E-state index contributed by atoms with van der Waals surface area (Å²) in [5, 5.41) is 12.4. The number of aryl methyl sites for hydroxylation is 1. The summed E-state index contributed by atoms with van der Waals surface area (Å²) in [7, 11) is -4.53. The molecule has 1 atom stereocenters. The topological polar surface area (TPSA) is 88.8 Å². The van der Waals surface area contributed by atoms with Crippen molar-refractivity contribution in [3.05, 3.63) is 90.6 Å². The fourth-order valence-corrected chi connectivity index (χ4v) is 3.59. The van der Waals surface area contributed by atoms with Crippen molar-refractivity contribution in [2.45, 2.75) is 23.8 Å². The van der Waals surface area contributed by atoms with Gasteiger partial charge in [0.2, 0.25) is 0 Å². The molecule has 3 aromatic rings. The third kappa shape index (κ3) is 4.46. The molecule has 2 N–H and O–H groups in total. The highest BCUT2D eigenvalue weighted by molar-refractivity contribution is 7.86. The van der Waals surface area contributed by atoms with E-state index in [4.69, 9.17) is 4.42 Å². The van der Waals surface area contributed by atoms with Crippen LogP contribution in [-0.2, 0) is 14.3 Å². The maximum Gasteiger partial charge on any atom is 0.339 e. The molecule has 1 heterocycles. The quantitative estimate of drug-likeness (QED) is 0.294. The molecule has 0 radical (unpaired) electrons. The van der Waals surface area contributed by atoms with E-state index in [0.717, 1.165) is 5.56 Å². The summed E-state index contributed by atoms with van der Waals surface area (Å²) >= 11 is 0. The molecule has 3 rings (SSSR count). The van der Waals surface area contributed by atoms with Gasteiger partial charge in [0.05, 0.1) is 12.0 Å². The van der Waals surface area contributed by atoms with E-state index >= 15 is 8.78 Å². The van der Waals surface area contributed by atoms with Crippen molar-refractivity contribution in [1.82, 2.24) is 0 Å². The van der Waals surface area contributed by atoms with E-state index in [1.54, 1.807) is 6.92 Å². The lowest BCUT2D eigenvalue weighted by molar-refractivity contribution is -0.0170. The van der Waals surface area contributed by atoms with Gasteiger partial charge < -0.3 is 19.0 Å². The van der Waals surface area contributed by atoms with E-state index in [9.17, 15) is 13.5 Å². The third-order valence-corrected chi connectivity index (χ3v) is 5.56. The van der Waals surface area contributed by atoms with Crippen LogP contribution < -0.4 is 5.32 Å². The summed E-state index contributed by atoms with van der Waals surface area (Å²) in [6, 6.07) is 12.1. The Bertz CT molecular complexity index is 1130. The Morgan fingerprint density at radius 1 is 1.13 bits per heavy atom. The van der Waals surface area contributed by atoms with E-state index < -0.39 is 27.8 Å². The Balaban J connectivity index is 1.91. The van der Waals surface area contributed by atoms with Gasteiger partial charge in [0.15, 0.2) is 11.8 Å². The molecule has 0 spiro atoms. The first-order valence-corrected chi connectivity index (χ1v) is 10.2. The highest BCUT2D eigenvalue weighted by Gasteiger charge is 2.48. The zero-order chi connectivity index (χ0) is 21.9. The molecule has 6 nitrogen and oxygen atoms in total. The number of nitrogens with one attached hydrogen (secondary N) is 1. The molecule has 30 heavy (non-hydrogen) atoms. The molecule has 0 bridgehead atoms. The molecular weight excluding hydrogens is 416 g/mol. The summed E-state index contributed by atoms with van der Waals surface area (Å²) in [5.41, 5.74) is 0.788. The van der Waals surface area contributed by atoms with Gasteiger partial charge in [-0.3, -0.25) is 0 Å². The minimum atomic E-state index is -4.53. The van der Waals surface area contributed by atoms with Gasteiger partial charge >= 0.3 is 16.0 Å². The maximum atomic E-state index is 15.3. The zero-order valence-corrected chi connectivity index (χ0v) is 16.7. The van der Waals surface area contributed by atoms with Crippen LogP contribution in [0, 0.1) is 6.92 Å². The van der Waals surface area contributed by atoms with Crippen LogP contribution in [0.3, 0.4) is 0 Å². The molecule has 0 saturated heterocycles. The first-order valence-electron chi connectivity index (χ1n) is 8.77. The summed E-state index contributed by atoms with van der Waals surface area (Å²) in [4.78, 5) is -0.284. The van der Waals surface area contributed by atoms with Crippen LogP contribution in [0.15, 0.2) is 88.6 Å². The number of aromatic hydroxyl groups is 1.